The molecule has 1 heteroatoms. The molecule has 0 heterocycles. The maximum Gasteiger partial charge on any atom is 0.122 e. The molecule has 1 aromatic rings. The van der Waals surface area contributed by atoms with E-state index in [2.05, 4.69) is 39.0 Å². The number of ether oxygens (including phenoxy) is 1. The minimum absolute atomic E-state index is 0.439. The molecule has 1 aliphatic rings. The van der Waals surface area contributed by atoms with Gasteiger partial charge in [-0.05, 0) is 55.7 Å². The summed E-state index contributed by atoms with van der Waals surface area (Å²) in [7, 11) is 0. The monoisotopic (exact) mass is 246 g/mol. The van der Waals surface area contributed by atoms with Crippen LogP contribution in [0.2, 0.25) is 0 Å². The van der Waals surface area contributed by atoms with Crippen LogP contribution < -0.4 is 4.74 Å². The summed E-state index contributed by atoms with van der Waals surface area (Å²) in [5.74, 6) is 1.68. The zero-order chi connectivity index (χ0) is 13.0. The Morgan fingerprint density at radius 1 is 1.06 bits per heavy atom. The third-order valence-electron chi connectivity index (χ3n) is 3.97. The van der Waals surface area contributed by atoms with Crippen molar-refractivity contribution in [1.82, 2.24) is 0 Å². The lowest BCUT2D eigenvalue weighted by Gasteiger charge is -2.20. The molecule has 0 saturated heterocycles. The van der Waals surface area contributed by atoms with E-state index < -0.39 is 0 Å². The Bertz CT molecular complexity index is 373. The van der Waals surface area contributed by atoms with E-state index in [-0.39, 0.29) is 0 Å². The first-order chi connectivity index (χ1) is 8.66. The molecule has 0 amide bonds. The minimum Gasteiger partial charge on any atom is -0.490 e. The van der Waals surface area contributed by atoms with Crippen LogP contribution in [0.4, 0.5) is 0 Å². The van der Waals surface area contributed by atoms with Crippen LogP contribution in [-0.2, 0) is 0 Å². The van der Waals surface area contributed by atoms with E-state index in [0.29, 0.717) is 12.0 Å². The molecule has 18 heavy (non-hydrogen) atoms. The third kappa shape index (κ3) is 3.51. The van der Waals surface area contributed by atoms with Gasteiger partial charge in [0, 0.05) is 0 Å². The molecule has 0 N–H and O–H groups in total. The normalized spacial score (nSPS) is 17.8. The lowest BCUT2D eigenvalue weighted by Crippen LogP contribution is -2.15. The summed E-state index contributed by atoms with van der Waals surface area (Å²) in [5, 5.41) is 0. The van der Waals surface area contributed by atoms with Crippen LogP contribution in [0, 0.1) is 6.92 Å². The predicted molar refractivity (Wildman–Crippen MR) is 77.4 cm³/mol. The van der Waals surface area contributed by atoms with E-state index in [1.54, 1.807) is 0 Å². The Labute approximate surface area is 112 Å². The van der Waals surface area contributed by atoms with Crippen molar-refractivity contribution in [2.75, 3.05) is 0 Å². The van der Waals surface area contributed by atoms with Crippen LogP contribution >= 0.6 is 0 Å². The first-order valence-electron chi connectivity index (χ1n) is 7.44. The number of rotatable bonds is 3. The van der Waals surface area contributed by atoms with Crippen molar-refractivity contribution in [1.29, 1.82) is 0 Å². The topological polar surface area (TPSA) is 9.23 Å². The molecule has 0 aromatic heterocycles. The average molecular weight is 246 g/mol. The van der Waals surface area contributed by atoms with E-state index in [9.17, 15) is 0 Å². The molecule has 2 rings (SSSR count). The second-order valence-corrected chi connectivity index (χ2v) is 5.91. The van der Waals surface area contributed by atoms with Gasteiger partial charge in [-0.25, -0.2) is 0 Å². The molecule has 100 valence electrons. The van der Waals surface area contributed by atoms with Gasteiger partial charge in [0.1, 0.15) is 5.75 Å². The van der Waals surface area contributed by atoms with Crippen molar-refractivity contribution >= 4 is 0 Å². The van der Waals surface area contributed by atoms with Gasteiger partial charge in [-0.3, -0.25) is 0 Å². The number of aryl methyl sites for hydroxylation is 1. The van der Waals surface area contributed by atoms with Gasteiger partial charge >= 0.3 is 0 Å². The summed E-state index contributed by atoms with van der Waals surface area (Å²) in [6.45, 7) is 6.62. The molecular formula is C17H26O. The smallest absolute Gasteiger partial charge is 0.122 e. The summed E-state index contributed by atoms with van der Waals surface area (Å²) >= 11 is 0. The van der Waals surface area contributed by atoms with Crippen molar-refractivity contribution in [2.45, 2.75) is 71.3 Å². The van der Waals surface area contributed by atoms with Crippen molar-refractivity contribution in [3.05, 3.63) is 29.3 Å². The molecule has 0 atom stereocenters. The summed E-state index contributed by atoms with van der Waals surface area (Å²) < 4.78 is 6.26. The highest BCUT2D eigenvalue weighted by molar-refractivity contribution is 5.37. The zero-order valence-electron chi connectivity index (χ0n) is 12.0. The Morgan fingerprint density at radius 2 is 1.72 bits per heavy atom. The van der Waals surface area contributed by atoms with Crippen molar-refractivity contribution < 1.29 is 4.74 Å². The zero-order valence-corrected chi connectivity index (χ0v) is 12.0. The second-order valence-electron chi connectivity index (χ2n) is 5.91. The number of benzene rings is 1. The SMILES string of the molecule is Cc1ccc(C(C)C)cc1OC1CCCCCC1. The van der Waals surface area contributed by atoms with Crippen molar-refractivity contribution in [2.24, 2.45) is 0 Å². The van der Waals surface area contributed by atoms with Gasteiger partial charge in [-0.15, -0.1) is 0 Å². The molecule has 1 fully saturated rings. The maximum absolute atomic E-state index is 6.26. The molecule has 0 unspecified atom stereocenters. The highest BCUT2D eigenvalue weighted by atomic mass is 16.5. The fraction of sp³-hybridized carbons (Fsp3) is 0.647. The van der Waals surface area contributed by atoms with Crippen LogP contribution in [0.5, 0.6) is 5.75 Å². The van der Waals surface area contributed by atoms with Gasteiger partial charge in [0.05, 0.1) is 6.10 Å². The highest BCUT2D eigenvalue weighted by Gasteiger charge is 2.15. The van der Waals surface area contributed by atoms with Crippen LogP contribution in [0.25, 0.3) is 0 Å². The number of hydrogen-bond acceptors (Lipinski definition) is 1. The van der Waals surface area contributed by atoms with Gasteiger partial charge in [0.25, 0.3) is 0 Å². The van der Waals surface area contributed by atoms with Crippen LogP contribution in [0.3, 0.4) is 0 Å². The maximum atomic E-state index is 6.26. The fourth-order valence-electron chi connectivity index (χ4n) is 2.64. The van der Waals surface area contributed by atoms with Crippen molar-refractivity contribution in [3.8, 4) is 5.75 Å². The van der Waals surface area contributed by atoms with E-state index in [0.717, 1.165) is 5.75 Å². The first kappa shape index (κ1) is 13.5. The van der Waals surface area contributed by atoms with E-state index in [1.165, 1.54) is 49.7 Å². The van der Waals surface area contributed by atoms with Crippen LogP contribution in [-0.4, -0.2) is 6.10 Å². The summed E-state index contributed by atoms with van der Waals surface area (Å²) in [5.41, 5.74) is 2.65. The quantitative estimate of drug-likeness (QED) is 0.664. The summed E-state index contributed by atoms with van der Waals surface area (Å²) in [4.78, 5) is 0. The lowest BCUT2D eigenvalue weighted by molar-refractivity contribution is 0.182. The largest absolute Gasteiger partial charge is 0.490 e. The van der Waals surface area contributed by atoms with Crippen molar-refractivity contribution in [3.63, 3.8) is 0 Å². The van der Waals surface area contributed by atoms with Gasteiger partial charge < -0.3 is 4.74 Å². The molecule has 1 aromatic carbocycles. The summed E-state index contributed by atoms with van der Waals surface area (Å²) in [6, 6.07) is 6.66. The predicted octanol–water partition coefficient (Wildman–Crippen LogP) is 5.22. The van der Waals surface area contributed by atoms with Crippen LogP contribution in [0.15, 0.2) is 18.2 Å². The lowest BCUT2D eigenvalue weighted by atomic mass is 10.0. The Morgan fingerprint density at radius 3 is 2.33 bits per heavy atom. The summed E-state index contributed by atoms with van der Waals surface area (Å²) in [6.07, 6.45) is 8.31. The Hall–Kier alpha value is -0.980. The third-order valence-corrected chi connectivity index (χ3v) is 3.97. The highest BCUT2D eigenvalue weighted by Crippen LogP contribution is 2.28. The second kappa shape index (κ2) is 6.26. The Balaban J connectivity index is 2.09. The molecular weight excluding hydrogens is 220 g/mol. The molecule has 0 radical (unpaired) electrons. The standard InChI is InChI=1S/C17H26O/c1-13(2)15-11-10-14(3)17(12-15)18-16-8-6-4-5-7-9-16/h10-13,16H,4-9H2,1-3H3. The molecule has 0 aliphatic heterocycles. The van der Waals surface area contributed by atoms with E-state index in [1.807, 2.05) is 0 Å². The van der Waals surface area contributed by atoms with Gasteiger partial charge in [0.15, 0.2) is 0 Å². The van der Waals surface area contributed by atoms with E-state index in [4.69, 9.17) is 4.74 Å². The molecule has 1 nitrogen and oxygen atoms in total. The van der Waals surface area contributed by atoms with Gasteiger partial charge in [-0.2, -0.15) is 0 Å². The molecule has 1 aliphatic carbocycles. The van der Waals surface area contributed by atoms with Gasteiger partial charge in [0.2, 0.25) is 0 Å². The minimum atomic E-state index is 0.439. The molecule has 0 spiro atoms. The molecule has 0 bridgehead atoms. The first-order valence-corrected chi connectivity index (χ1v) is 7.44. The molecule has 1 saturated carbocycles. The van der Waals surface area contributed by atoms with Crippen LogP contribution in [0.1, 0.15) is 69.4 Å². The fourth-order valence-corrected chi connectivity index (χ4v) is 2.64. The Kier molecular flexibility index (Phi) is 4.68. The van der Waals surface area contributed by atoms with Gasteiger partial charge in [-0.1, -0.05) is 38.8 Å². The average Bonchev–Trinajstić information content (AvgIpc) is 2.60. The number of hydrogen-bond donors (Lipinski definition) is 0. The van der Waals surface area contributed by atoms with E-state index >= 15 is 0 Å².